The molecule has 0 atom stereocenters. The van der Waals surface area contributed by atoms with E-state index in [0.29, 0.717) is 6.42 Å². The summed E-state index contributed by atoms with van der Waals surface area (Å²) >= 11 is 1.83. The van der Waals surface area contributed by atoms with E-state index in [1.165, 1.54) is 4.90 Å². The van der Waals surface area contributed by atoms with Gasteiger partial charge in [0, 0.05) is 30.2 Å². The number of anilines is 1. The van der Waals surface area contributed by atoms with Gasteiger partial charge in [-0.15, -0.1) is 11.8 Å². The molecule has 17 heavy (non-hydrogen) atoms. The lowest BCUT2D eigenvalue weighted by Crippen LogP contribution is -2.37. The number of rotatable bonds is 4. The Morgan fingerprint density at radius 1 is 1.47 bits per heavy atom. The zero-order valence-electron chi connectivity index (χ0n) is 10.1. The van der Waals surface area contributed by atoms with Crippen LogP contribution in [-0.2, 0) is 4.79 Å². The highest BCUT2D eigenvalue weighted by atomic mass is 32.2. The van der Waals surface area contributed by atoms with Crippen LogP contribution in [0.4, 0.5) is 5.69 Å². The molecule has 1 N–H and O–H groups in total. The van der Waals surface area contributed by atoms with Gasteiger partial charge >= 0.3 is 0 Å². The Bertz CT molecular complexity index is 395. The fourth-order valence-electron chi connectivity index (χ4n) is 1.94. The lowest BCUT2D eigenvalue weighted by Gasteiger charge is -2.29. The average Bonchev–Trinajstić information content (AvgIpc) is 2.38. The van der Waals surface area contributed by atoms with Crippen molar-refractivity contribution in [3.63, 3.8) is 0 Å². The van der Waals surface area contributed by atoms with Crippen molar-refractivity contribution in [3.05, 3.63) is 24.3 Å². The number of benzene rings is 1. The van der Waals surface area contributed by atoms with Crippen molar-refractivity contribution in [2.75, 3.05) is 30.3 Å². The van der Waals surface area contributed by atoms with Gasteiger partial charge in [0.2, 0.25) is 5.91 Å². The van der Waals surface area contributed by atoms with Crippen LogP contribution in [0.2, 0.25) is 0 Å². The monoisotopic (exact) mass is 250 g/mol. The molecule has 2 rings (SSSR count). The van der Waals surface area contributed by atoms with Gasteiger partial charge in [0.15, 0.2) is 0 Å². The molecule has 1 aromatic rings. The van der Waals surface area contributed by atoms with Crippen molar-refractivity contribution in [2.24, 2.45) is 0 Å². The third-order valence-electron chi connectivity index (χ3n) is 2.80. The van der Waals surface area contributed by atoms with Gasteiger partial charge in [-0.2, -0.15) is 0 Å². The molecule has 0 aromatic heterocycles. The number of nitrogens with one attached hydrogen (secondary N) is 1. The molecule has 3 nitrogen and oxygen atoms in total. The summed E-state index contributed by atoms with van der Waals surface area (Å²) < 4.78 is 0. The number of amides is 1. The summed E-state index contributed by atoms with van der Waals surface area (Å²) in [5.74, 6) is 1.21. The SMILES string of the molecule is CCNCCC(=O)N1CCSc2ccccc21. The minimum absolute atomic E-state index is 0.221. The van der Waals surface area contributed by atoms with E-state index >= 15 is 0 Å². The Balaban J connectivity index is 2.05. The van der Waals surface area contributed by atoms with Crippen LogP contribution in [0.25, 0.3) is 0 Å². The van der Waals surface area contributed by atoms with Gasteiger partial charge in [0.1, 0.15) is 0 Å². The fraction of sp³-hybridized carbons (Fsp3) is 0.462. The number of hydrogen-bond donors (Lipinski definition) is 1. The quantitative estimate of drug-likeness (QED) is 0.831. The lowest BCUT2D eigenvalue weighted by atomic mass is 10.2. The van der Waals surface area contributed by atoms with E-state index in [1.54, 1.807) is 0 Å². The molecule has 1 aliphatic heterocycles. The highest BCUT2D eigenvalue weighted by Crippen LogP contribution is 2.34. The molecule has 1 amide bonds. The molecule has 0 fully saturated rings. The molecule has 1 aromatic carbocycles. The van der Waals surface area contributed by atoms with E-state index in [2.05, 4.69) is 18.3 Å². The van der Waals surface area contributed by atoms with Crippen LogP contribution in [-0.4, -0.2) is 31.3 Å². The summed E-state index contributed by atoms with van der Waals surface area (Å²) in [4.78, 5) is 15.3. The summed E-state index contributed by atoms with van der Waals surface area (Å²) in [5, 5.41) is 3.19. The number of fused-ring (bicyclic) bond motifs is 1. The molecule has 1 aliphatic rings. The standard InChI is InChI=1S/C13H18N2OS/c1-2-14-8-7-13(16)15-9-10-17-12-6-4-3-5-11(12)15/h3-6,14H,2,7-10H2,1H3. The Labute approximate surface area is 107 Å². The van der Waals surface area contributed by atoms with Gasteiger partial charge in [-0.1, -0.05) is 19.1 Å². The van der Waals surface area contributed by atoms with Gasteiger partial charge in [0.25, 0.3) is 0 Å². The predicted octanol–water partition coefficient (Wildman–Crippen LogP) is 2.12. The molecule has 0 bridgehead atoms. The number of nitrogens with zero attached hydrogens (tertiary/aromatic N) is 1. The minimum atomic E-state index is 0.221. The second kappa shape index (κ2) is 6.07. The average molecular weight is 250 g/mol. The second-order valence-electron chi connectivity index (χ2n) is 3.97. The zero-order valence-corrected chi connectivity index (χ0v) is 10.9. The summed E-state index contributed by atoms with van der Waals surface area (Å²) in [6, 6.07) is 8.14. The number of para-hydroxylation sites is 1. The highest BCUT2D eigenvalue weighted by Gasteiger charge is 2.21. The Kier molecular flexibility index (Phi) is 4.45. The summed E-state index contributed by atoms with van der Waals surface area (Å²) in [5.41, 5.74) is 1.07. The topological polar surface area (TPSA) is 32.3 Å². The first-order valence-corrected chi connectivity index (χ1v) is 7.04. The van der Waals surface area contributed by atoms with Crippen LogP contribution in [0.5, 0.6) is 0 Å². The van der Waals surface area contributed by atoms with Crippen molar-refractivity contribution >= 4 is 23.4 Å². The molecular formula is C13H18N2OS. The Morgan fingerprint density at radius 3 is 3.12 bits per heavy atom. The third-order valence-corrected chi connectivity index (χ3v) is 3.84. The number of thioether (sulfide) groups is 1. The maximum absolute atomic E-state index is 12.1. The molecule has 0 radical (unpaired) electrons. The van der Waals surface area contributed by atoms with Crippen molar-refractivity contribution in [1.82, 2.24) is 5.32 Å². The van der Waals surface area contributed by atoms with Crippen LogP contribution >= 0.6 is 11.8 Å². The number of carbonyl (C=O) groups excluding carboxylic acids is 1. The first-order chi connectivity index (χ1) is 8.33. The summed E-state index contributed by atoms with van der Waals surface area (Å²) in [7, 11) is 0. The van der Waals surface area contributed by atoms with E-state index in [4.69, 9.17) is 0 Å². The summed E-state index contributed by atoms with van der Waals surface area (Å²) in [6.07, 6.45) is 0.576. The van der Waals surface area contributed by atoms with E-state index in [1.807, 2.05) is 34.9 Å². The van der Waals surface area contributed by atoms with Crippen LogP contribution in [0.1, 0.15) is 13.3 Å². The molecular weight excluding hydrogens is 232 g/mol. The second-order valence-corrected chi connectivity index (χ2v) is 5.10. The predicted molar refractivity (Wildman–Crippen MR) is 72.7 cm³/mol. The van der Waals surface area contributed by atoms with E-state index in [0.717, 1.165) is 31.1 Å². The number of hydrogen-bond acceptors (Lipinski definition) is 3. The Hall–Kier alpha value is -1.00. The molecule has 0 saturated carbocycles. The fourth-order valence-corrected chi connectivity index (χ4v) is 2.93. The first kappa shape index (κ1) is 12.5. The molecule has 0 unspecified atom stereocenters. The van der Waals surface area contributed by atoms with Crippen LogP contribution in [0.15, 0.2) is 29.2 Å². The first-order valence-electron chi connectivity index (χ1n) is 6.06. The molecule has 0 aliphatic carbocycles. The number of carbonyl (C=O) groups is 1. The van der Waals surface area contributed by atoms with Gasteiger partial charge in [0.05, 0.1) is 5.69 Å². The van der Waals surface area contributed by atoms with Crippen molar-refractivity contribution in [2.45, 2.75) is 18.2 Å². The molecule has 1 heterocycles. The molecule has 0 saturated heterocycles. The normalized spacial score (nSPS) is 14.5. The van der Waals surface area contributed by atoms with Crippen molar-refractivity contribution in [1.29, 1.82) is 0 Å². The lowest BCUT2D eigenvalue weighted by molar-refractivity contribution is -0.118. The van der Waals surface area contributed by atoms with Crippen molar-refractivity contribution in [3.8, 4) is 0 Å². The van der Waals surface area contributed by atoms with Crippen LogP contribution in [0, 0.1) is 0 Å². The van der Waals surface area contributed by atoms with Crippen molar-refractivity contribution < 1.29 is 4.79 Å². The molecule has 4 heteroatoms. The highest BCUT2D eigenvalue weighted by molar-refractivity contribution is 7.99. The molecule has 92 valence electrons. The van der Waals surface area contributed by atoms with E-state index in [9.17, 15) is 4.79 Å². The third kappa shape index (κ3) is 3.01. The van der Waals surface area contributed by atoms with Crippen LogP contribution in [0.3, 0.4) is 0 Å². The maximum Gasteiger partial charge on any atom is 0.228 e. The van der Waals surface area contributed by atoms with E-state index in [-0.39, 0.29) is 5.91 Å². The zero-order chi connectivity index (χ0) is 12.1. The minimum Gasteiger partial charge on any atom is -0.316 e. The Morgan fingerprint density at radius 2 is 2.29 bits per heavy atom. The largest absolute Gasteiger partial charge is 0.316 e. The van der Waals surface area contributed by atoms with Crippen LogP contribution < -0.4 is 10.2 Å². The van der Waals surface area contributed by atoms with Gasteiger partial charge in [-0.25, -0.2) is 0 Å². The maximum atomic E-state index is 12.1. The van der Waals surface area contributed by atoms with E-state index < -0.39 is 0 Å². The van der Waals surface area contributed by atoms with Gasteiger partial charge in [-0.3, -0.25) is 4.79 Å². The van der Waals surface area contributed by atoms with Gasteiger partial charge < -0.3 is 10.2 Å². The van der Waals surface area contributed by atoms with Gasteiger partial charge in [-0.05, 0) is 18.7 Å². The summed E-state index contributed by atoms with van der Waals surface area (Å²) in [6.45, 7) is 4.56. The smallest absolute Gasteiger partial charge is 0.228 e. The molecule has 0 spiro atoms.